The van der Waals surface area contributed by atoms with Crippen LogP contribution in [0.1, 0.15) is 36.6 Å². The normalized spacial score (nSPS) is 14.1. The minimum absolute atomic E-state index is 0.00824. The molecule has 2 aromatic rings. The number of ether oxygens (including phenoxy) is 2. The Bertz CT molecular complexity index is 774. The molecule has 1 atom stereocenters. The van der Waals surface area contributed by atoms with E-state index >= 15 is 0 Å². The summed E-state index contributed by atoms with van der Waals surface area (Å²) in [5.41, 5.74) is 3.52. The van der Waals surface area contributed by atoms with Crippen LogP contribution in [0.2, 0.25) is 0 Å². The Morgan fingerprint density at radius 3 is 2.44 bits per heavy atom. The maximum atomic E-state index is 12.4. The average Bonchev–Trinajstić information content (AvgIpc) is 2.67. The third-order valence-corrected chi connectivity index (χ3v) is 4.74. The molecule has 144 valence electrons. The summed E-state index contributed by atoms with van der Waals surface area (Å²) >= 11 is 0. The van der Waals surface area contributed by atoms with Gasteiger partial charge in [-0.2, -0.15) is 0 Å². The zero-order chi connectivity index (χ0) is 19.2. The van der Waals surface area contributed by atoms with E-state index in [1.54, 1.807) is 0 Å². The van der Waals surface area contributed by atoms with Crippen molar-refractivity contribution in [3.8, 4) is 11.5 Å². The van der Waals surface area contributed by atoms with Gasteiger partial charge in [0.15, 0.2) is 11.5 Å². The molecule has 1 unspecified atom stereocenters. The van der Waals surface area contributed by atoms with Crippen molar-refractivity contribution in [1.29, 1.82) is 0 Å². The Hall–Kier alpha value is -2.53. The molecule has 0 radical (unpaired) electrons. The van der Waals surface area contributed by atoms with Crippen LogP contribution in [0.4, 0.5) is 0 Å². The van der Waals surface area contributed by atoms with Crippen LogP contribution in [0.25, 0.3) is 0 Å². The lowest BCUT2D eigenvalue weighted by molar-refractivity contribution is -0.122. The number of rotatable bonds is 7. The van der Waals surface area contributed by atoms with Gasteiger partial charge in [-0.3, -0.25) is 9.69 Å². The minimum Gasteiger partial charge on any atom is -0.486 e. The quantitative estimate of drug-likeness (QED) is 0.814. The summed E-state index contributed by atoms with van der Waals surface area (Å²) in [7, 11) is 1.94. The van der Waals surface area contributed by atoms with E-state index in [9.17, 15) is 4.79 Å². The number of amides is 1. The number of hydrogen-bond donors (Lipinski definition) is 1. The van der Waals surface area contributed by atoms with Crippen LogP contribution in [0.5, 0.6) is 11.5 Å². The molecule has 0 fully saturated rings. The largest absolute Gasteiger partial charge is 0.486 e. The summed E-state index contributed by atoms with van der Waals surface area (Å²) in [4.78, 5) is 14.4. The van der Waals surface area contributed by atoms with Gasteiger partial charge in [-0.15, -0.1) is 0 Å². The summed E-state index contributed by atoms with van der Waals surface area (Å²) in [5.74, 6) is 1.58. The van der Waals surface area contributed by atoms with Gasteiger partial charge in [0, 0.05) is 6.54 Å². The number of carbonyl (C=O) groups is 1. The van der Waals surface area contributed by atoms with Crippen molar-refractivity contribution in [2.75, 3.05) is 26.8 Å². The lowest BCUT2D eigenvalue weighted by Crippen LogP contribution is -2.36. The zero-order valence-electron chi connectivity index (χ0n) is 16.3. The SMILES string of the molecule is CCc1ccc(C(C)NC(=O)CN(C)Cc2ccc3c(c2)OCCO3)cc1. The van der Waals surface area contributed by atoms with Gasteiger partial charge in [-0.05, 0) is 49.2 Å². The fourth-order valence-corrected chi connectivity index (χ4v) is 3.21. The summed E-state index contributed by atoms with van der Waals surface area (Å²) in [6, 6.07) is 14.3. The van der Waals surface area contributed by atoms with E-state index in [0.29, 0.717) is 26.3 Å². The van der Waals surface area contributed by atoms with Crippen LogP contribution in [-0.2, 0) is 17.8 Å². The fourth-order valence-electron chi connectivity index (χ4n) is 3.21. The molecule has 2 aromatic carbocycles. The zero-order valence-corrected chi connectivity index (χ0v) is 16.3. The lowest BCUT2D eigenvalue weighted by Gasteiger charge is -2.21. The fraction of sp³-hybridized carbons (Fsp3) is 0.409. The van der Waals surface area contributed by atoms with E-state index in [1.807, 2.05) is 37.1 Å². The van der Waals surface area contributed by atoms with Crippen molar-refractivity contribution < 1.29 is 14.3 Å². The molecule has 5 nitrogen and oxygen atoms in total. The first kappa shape index (κ1) is 19.2. The summed E-state index contributed by atoms with van der Waals surface area (Å²) in [5, 5.41) is 3.07. The second-order valence-corrected chi connectivity index (χ2v) is 7.03. The molecule has 1 aliphatic rings. The maximum absolute atomic E-state index is 12.4. The van der Waals surface area contributed by atoms with E-state index < -0.39 is 0 Å². The molecule has 0 spiro atoms. The number of benzene rings is 2. The first-order chi connectivity index (χ1) is 13.0. The number of nitrogens with one attached hydrogen (secondary N) is 1. The van der Waals surface area contributed by atoms with E-state index in [0.717, 1.165) is 29.0 Å². The van der Waals surface area contributed by atoms with Gasteiger partial charge in [0.1, 0.15) is 13.2 Å². The van der Waals surface area contributed by atoms with E-state index in [-0.39, 0.29) is 11.9 Å². The smallest absolute Gasteiger partial charge is 0.234 e. The monoisotopic (exact) mass is 368 g/mol. The Morgan fingerprint density at radius 1 is 1.07 bits per heavy atom. The lowest BCUT2D eigenvalue weighted by atomic mass is 10.1. The van der Waals surface area contributed by atoms with Crippen LogP contribution in [0.3, 0.4) is 0 Å². The number of hydrogen-bond acceptors (Lipinski definition) is 4. The van der Waals surface area contributed by atoms with Crippen molar-refractivity contribution in [2.24, 2.45) is 0 Å². The molecule has 0 aromatic heterocycles. The Kier molecular flexibility index (Phi) is 6.35. The molecule has 1 aliphatic heterocycles. The summed E-state index contributed by atoms with van der Waals surface area (Å²) in [6.07, 6.45) is 1.02. The molecule has 27 heavy (non-hydrogen) atoms. The predicted octanol–water partition coefficient (Wildman–Crippen LogP) is 3.33. The maximum Gasteiger partial charge on any atom is 0.234 e. The standard InChI is InChI=1S/C22H28N2O3/c1-4-17-5-8-19(9-6-17)16(2)23-22(25)15-24(3)14-18-7-10-20-21(13-18)27-12-11-26-20/h5-10,13,16H,4,11-12,14-15H2,1-3H3,(H,23,25). The van der Waals surface area contributed by atoms with Crippen molar-refractivity contribution in [2.45, 2.75) is 32.9 Å². The Labute approximate surface area is 161 Å². The molecule has 5 heteroatoms. The Balaban J connectivity index is 1.51. The number of aryl methyl sites for hydroxylation is 1. The van der Waals surface area contributed by atoms with Crippen LogP contribution in [0, 0.1) is 0 Å². The van der Waals surface area contributed by atoms with E-state index in [4.69, 9.17) is 9.47 Å². The molecule has 0 aliphatic carbocycles. The molecular weight excluding hydrogens is 340 g/mol. The molecule has 0 saturated heterocycles. The van der Waals surface area contributed by atoms with Gasteiger partial charge in [-0.1, -0.05) is 37.3 Å². The third kappa shape index (κ3) is 5.23. The number of carbonyl (C=O) groups excluding carboxylic acids is 1. The van der Waals surface area contributed by atoms with Gasteiger partial charge < -0.3 is 14.8 Å². The van der Waals surface area contributed by atoms with Crippen LogP contribution in [0.15, 0.2) is 42.5 Å². The molecule has 3 rings (SSSR count). The van der Waals surface area contributed by atoms with Crippen molar-refractivity contribution >= 4 is 5.91 Å². The number of nitrogens with zero attached hydrogens (tertiary/aromatic N) is 1. The highest BCUT2D eigenvalue weighted by atomic mass is 16.6. The predicted molar refractivity (Wildman–Crippen MR) is 106 cm³/mol. The van der Waals surface area contributed by atoms with Crippen molar-refractivity contribution in [3.63, 3.8) is 0 Å². The van der Waals surface area contributed by atoms with Gasteiger partial charge in [0.2, 0.25) is 5.91 Å². The number of fused-ring (bicyclic) bond motifs is 1. The molecule has 1 amide bonds. The second-order valence-electron chi connectivity index (χ2n) is 7.03. The van der Waals surface area contributed by atoms with Crippen LogP contribution < -0.4 is 14.8 Å². The molecule has 0 bridgehead atoms. The second kappa shape index (κ2) is 8.91. The third-order valence-electron chi connectivity index (χ3n) is 4.74. The highest BCUT2D eigenvalue weighted by Crippen LogP contribution is 2.31. The average molecular weight is 368 g/mol. The van der Waals surface area contributed by atoms with Gasteiger partial charge in [0.25, 0.3) is 0 Å². The number of likely N-dealkylation sites (N-methyl/N-ethyl adjacent to an activating group) is 1. The minimum atomic E-state index is -0.00824. The molecular formula is C22H28N2O3. The molecule has 1 N–H and O–H groups in total. The molecule has 1 heterocycles. The highest BCUT2D eigenvalue weighted by Gasteiger charge is 2.15. The first-order valence-corrected chi connectivity index (χ1v) is 9.50. The van der Waals surface area contributed by atoms with Crippen LogP contribution in [-0.4, -0.2) is 37.6 Å². The Morgan fingerprint density at radius 2 is 1.74 bits per heavy atom. The van der Waals surface area contributed by atoms with Crippen molar-refractivity contribution in [3.05, 3.63) is 59.2 Å². The van der Waals surface area contributed by atoms with Gasteiger partial charge in [0.05, 0.1) is 12.6 Å². The van der Waals surface area contributed by atoms with E-state index in [1.165, 1.54) is 5.56 Å². The topological polar surface area (TPSA) is 50.8 Å². The van der Waals surface area contributed by atoms with Gasteiger partial charge in [-0.25, -0.2) is 0 Å². The summed E-state index contributed by atoms with van der Waals surface area (Å²) < 4.78 is 11.2. The van der Waals surface area contributed by atoms with E-state index in [2.05, 4.69) is 36.5 Å². The van der Waals surface area contributed by atoms with Crippen molar-refractivity contribution in [1.82, 2.24) is 10.2 Å². The summed E-state index contributed by atoms with van der Waals surface area (Å²) in [6.45, 7) is 6.32. The molecule has 0 saturated carbocycles. The van der Waals surface area contributed by atoms with Crippen LogP contribution >= 0.6 is 0 Å². The first-order valence-electron chi connectivity index (χ1n) is 9.50. The highest BCUT2D eigenvalue weighted by molar-refractivity contribution is 5.78. The van der Waals surface area contributed by atoms with Gasteiger partial charge >= 0.3 is 0 Å².